The summed E-state index contributed by atoms with van der Waals surface area (Å²) < 4.78 is 0. The van der Waals surface area contributed by atoms with Gasteiger partial charge in [0, 0.05) is 28.1 Å². The number of amides is 2. The van der Waals surface area contributed by atoms with E-state index < -0.39 is 0 Å². The average Bonchev–Trinajstić information content (AvgIpc) is 3.47. The van der Waals surface area contributed by atoms with Gasteiger partial charge in [-0.05, 0) is 18.2 Å². The molecule has 0 saturated carbocycles. The van der Waals surface area contributed by atoms with Crippen molar-refractivity contribution in [2.24, 2.45) is 0 Å². The van der Waals surface area contributed by atoms with Crippen molar-refractivity contribution in [3.63, 3.8) is 0 Å². The summed E-state index contributed by atoms with van der Waals surface area (Å²) in [7, 11) is 0. The SMILES string of the molecule is CC(=O)NCc1ccc(-c2csc(NC(=O)Cc3csc(-c4ccccc4Cl)n3)n2)s1. The average molecular weight is 489 g/mol. The van der Waals surface area contributed by atoms with E-state index in [4.69, 9.17) is 11.6 Å². The van der Waals surface area contributed by atoms with Gasteiger partial charge in [0.2, 0.25) is 11.8 Å². The van der Waals surface area contributed by atoms with E-state index in [1.807, 2.05) is 47.2 Å². The van der Waals surface area contributed by atoms with E-state index in [0.29, 0.717) is 22.4 Å². The van der Waals surface area contributed by atoms with Gasteiger partial charge in [0.05, 0.1) is 34.3 Å². The number of anilines is 1. The zero-order valence-electron chi connectivity index (χ0n) is 16.3. The fraction of sp³-hybridized carbons (Fsp3) is 0.143. The van der Waals surface area contributed by atoms with E-state index in [2.05, 4.69) is 20.6 Å². The first-order valence-electron chi connectivity index (χ1n) is 9.26. The molecule has 158 valence electrons. The van der Waals surface area contributed by atoms with Crippen LogP contribution >= 0.6 is 45.6 Å². The highest BCUT2D eigenvalue weighted by atomic mass is 35.5. The van der Waals surface area contributed by atoms with Crippen LogP contribution in [-0.4, -0.2) is 21.8 Å². The largest absolute Gasteiger partial charge is 0.351 e. The second-order valence-electron chi connectivity index (χ2n) is 6.56. The molecule has 3 aromatic heterocycles. The van der Waals surface area contributed by atoms with E-state index >= 15 is 0 Å². The Morgan fingerprint density at radius 2 is 1.90 bits per heavy atom. The van der Waals surface area contributed by atoms with Crippen LogP contribution in [0.5, 0.6) is 0 Å². The number of aromatic nitrogens is 2. The van der Waals surface area contributed by atoms with Gasteiger partial charge in [-0.3, -0.25) is 9.59 Å². The molecule has 0 spiro atoms. The zero-order chi connectivity index (χ0) is 21.8. The Kier molecular flexibility index (Phi) is 6.77. The third kappa shape index (κ3) is 5.56. The van der Waals surface area contributed by atoms with Gasteiger partial charge in [-0.2, -0.15) is 0 Å². The van der Waals surface area contributed by atoms with Crippen molar-refractivity contribution in [2.45, 2.75) is 19.9 Å². The van der Waals surface area contributed by atoms with Crippen LogP contribution in [0.2, 0.25) is 5.02 Å². The number of thiophene rings is 1. The van der Waals surface area contributed by atoms with E-state index in [-0.39, 0.29) is 18.2 Å². The lowest BCUT2D eigenvalue weighted by Gasteiger charge is -2.00. The summed E-state index contributed by atoms with van der Waals surface area (Å²) in [5.41, 5.74) is 2.35. The third-order valence-corrected chi connectivity index (χ3v) is 7.29. The standard InChI is InChI=1S/C21H17ClN4O2S3/c1-12(27)23-9-14-6-7-18(31-14)17-11-30-21(25-17)26-19(28)8-13-10-29-20(24-13)15-4-2-3-5-16(15)22/h2-7,10-11H,8-9H2,1H3,(H,23,27)(H,25,26,28). The lowest BCUT2D eigenvalue weighted by molar-refractivity contribution is -0.119. The maximum absolute atomic E-state index is 12.4. The Hall–Kier alpha value is -2.59. The molecule has 0 unspecified atom stereocenters. The summed E-state index contributed by atoms with van der Waals surface area (Å²) in [6.45, 7) is 1.99. The molecule has 31 heavy (non-hydrogen) atoms. The topological polar surface area (TPSA) is 84.0 Å². The van der Waals surface area contributed by atoms with Crippen LogP contribution in [0.3, 0.4) is 0 Å². The van der Waals surface area contributed by atoms with Crippen molar-refractivity contribution in [3.05, 3.63) is 62.8 Å². The van der Waals surface area contributed by atoms with Gasteiger partial charge < -0.3 is 10.6 Å². The lowest BCUT2D eigenvalue weighted by atomic mass is 10.2. The van der Waals surface area contributed by atoms with Crippen LogP contribution in [-0.2, 0) is 22.6 Å². The van der Waals surface area contributed by atoms with E-state index in [1.54, 1.807) is 11.3 Å². The van der Waals surface area contributed by atoms with Gasteiger partial charge in [0.15, 0.2) is 5.13 Å². The first-order chi connectivity index (χ1) is 15.0. The summed E-state index contributed by atoms with van der Waals surface area (Å²) in [6, 6.07) is 11.4. The molecule has 3 heterocycles. The molecule has 0 atom stereocenters. The number of benzene rings is 1. The van der Waals surface area contributed by atoms with Gasteiger partial charge in [-0.25, -0.2) is 9.97 Å². The molecule has 0 saturated heterocycles. The number of rotatable bonds is 7. The molecule has 2 amide bonds. The van der Waals surface area contributed by atoms with E-state index in [1.165, 1.54) is 29.6 Å². The minimum absolute atomic E-state index is 0.0623. The van der Waals surface area contributed by atoms with E-state index in [0.717, 1.165) is 26.0 Å². The van der Waals surface area contributed by atoms with Crippen LogP contribution < -0.4 is 10.6 Å². The number of hydrogen-bond donors (Lipinski definition) is 2. The quantitative estimate of drug-likeness (QED) is 0.361. The summed E-state index contributed by atoms with van der Waals surface area (Å²) in [6.07, 6.45) is 0.162. The van der Waals surface area contributed by atoms with Crippen molar-refractivity contribution in [2.75, 3.05) is 5.32 Å². The first kappa shape index (κ1) is 21.6. The maximum atomic E-state index is 12.4. The third-order valence-electron chi connectivity index (χ3n) is 4.17. The normalized spacial score (nSPS) is 10.8. The molecule has 0 bridgehead atoms. The number of nitrogens with one attached hydrogen (secondary N) is 2. The molecule has 0 fully saturated rings. The summed E-state index contributed by atoms with van der Waals surface area (Å²) in [4.78, 5) is 34.6. The minimum atomic E-state index is -0.172. The van der Waals surface area contributed by atoms with Gasteiger partial charge in [-0.15, -0.1) is 34.0 Å². The van der Waals surface area contributed by atoms with Crippen LogP contribution in [0.25, 0.3) is 21.1 Å². The molecule has 0 aliphatic heterocycles. The Balaban J connectivity index is 1.36. The van der Waals surface area contributed by atoms with Crippen LogP contribution in [0.1, 0.15) is 17.5 Å². The van der Waals surface area contributed by atoms with Gasteiger partial charge in [0.1, 0.15) is 5.01 Å². The molecule has 0 radical (unpaired) electrons. The Morgan fingerprint density at radius 3 is 2.71 bits per heavy atom. The van der Waals surface area contributed by atoms with Crippen LogP contribution in [0, 0.1) is 0 Å². The van der Waals surface area contributed by atoms with Crippen molar-refractivity contribution in [3.8, 4) is 21.1 Å². The van der Waals surface area contributed by atoms with Crippen molar-refractivity contribution in [1.82, 2.24) is 15.3 Å². The summed E-state index contributed by atoms with van der Waals surface area (Å²) >= 11 is 10.6. The number of carbonyl (C=O) groups excluding carboxylic acids is 2. The molecule has 4 rings (SSSR count). The minimum Gasteiger partial charge on any atom is -0.351 e. The lowest BCUT2D eigenvalue weighted by Crippen LogP contribution is -2.17. The van der Waals surface area contributed by atoms with Crippen LogP contribution in [0.15, 0.2) is 47.2 Å². The Bertz CT molecular complexity index is 1230. The van der Waals surface area contributed by atoms with E-state index in [9.17, 15) is 9.59 Å². The molecular formula is C21H17ClN4O2S3. The number of carbonyl (C=O) groups is 2. The smallest absolute Gasteiger partial charge is 0.232 e. The van der Waals surface area contributed by atoms with Crippen LogP contribution in [0.4, 0.5) is 5.13 Å². The van der Waals surface area contributed by atoms with Crippen molar-refractivity contribution >= 4 is 62.6 Å². The Labute approximate surface area is 196 Å². The number of halogens is 1. The Morgan fingerprint density at radius 1 is 1.06 bits per heavy atom. The predicted molar refractivity (Wildman–Crippen MR) is 128 cm³/mol. The van der Waals surface area contributed by atoms with Crippen molar-refractivity contribution in [1.29, 1.82) is 0 Å². The molecule has 1 aromatic carbocycles. The molecule has 10 heteroatoms. The molecule has 0 aliphatic rings. The number of hydrogen-bond acceptors (Lipinski definition) is 7. The van der Waals surface area contributed by atoms with Gasteiger partial charge in [-0.1, -0.05) is 29.8 Å². The molecule has 6 nitrogen and oxygen atoms in total. The fourth-order valence-corrected chi connectivity index (χ4v) is 5.59. The monoisotopic (exact) mass is 488 g/mol. The van der Waals surface area contributed by atoms with Gasteiger partial charge in [0.25, 0.3) is 0 Å². The second kappa shape index (κ2) is 9.69. The first-order valence-corrected chi connectivity index (χ1v) is 12.2. The van der Waals surface area contributed by atoms with Crippen molar-refractivity contribution < 1.29 is 9.59 Å². The summed E-state index contributed by atoms with van der Waals surface area (Å²) in [5, 5.41) is 11.4. The van der Waals surface area contributed by atoms with Gasteiger partial charge >= 0.3 is 0 Å². The molecular weight excluding hydrogens is 472 g/mol. The highest BCUT2D eigenvalue weighted by Crippen LogP contribution is 2.32. The highest BCUT2D eigenvalue weighted by Gasteiger charge is 2.13. The maximum Gasteiger partial charge on any atom is 0.232 e. The summed E-state index contributed by atoms with van der Waals surface area (Å²) in [5.74, 6) is -0.234. The molecule has 4 aromatic rings. The fourth-order valence-electron chi connectivity index (χ4n) is 2.74. The molecule has 0 aliphatic carbocycles. The predicted octanol–water partition coefficient (Wildman–Crippen LogP) is 5.47. The second-order valence-corrected chi connectivity index (χ2v) is 9.85. The zero-order valence-corrected chi connectivity index (χ0v) is 19.6. The number of thiazole rings is 2. The highest BCUT2D eigenvalue weighted by molar-refractivity contribution is 7.17. The molecule has 2 N–H and O–H groups in total. The number of nitrogens with zero attached hydrogens (tertiary/aromatic N) is 2.